The smallest absolute Gasteiger partial charge is 0.462 e. The molecular weight excluding hydrogens is 1260 g/mol. The van der Waals surface area contributed by atoms with Crippen LogP contribution in [0.5, 0.6) is 0 Å². The maximum absolute atomic E-state index is 13.1. The average Bonchev–Trinajstić information content (AvgIpc) is 1.83. The van der Waals surface area contributed by atoms with E-state index in [4.69, 9.17) is 37.0 Å². The molecule has 0 radical (unpaired) electrons. The van der Waals surface area contributed by atoms with E-state index in [9.17, 15) is 43.2 Å². The highest BCUT2D eigenvalue weighted by Crippen LogP contribution is 2.45. The molecule has 2 unspecified atom stereocenters. The van der Waals surface area contributed by atoms with Crippen LogP contribution >= 0.6 is 15.6 Å². The highest BCUT2D eigenvalue weighted by molar-refractivity contribution is 7.47. The Morgan fingerprint density at radius 1 is 0.281 bits per heavy atom. The number of hydrogen-bond acceptors (Lipinski definition) is 15. The Balaban J connectivity index is 5.26. The van der Waals surface area contributed by atoms with Crippen molar-refractivity contribution in [1.29, 1.82) is 0 Å². The molecule has 0 saturated heterocycles. The number of esters is 4. The van der Waals surface area contributed by atoms with E-state index >= 15 is 0 Å². The zero-order valence-corrected chi connectivity index (χ0v) is 64.6. The van der Waals surface area contributed by atoms with Crippen molar-refractivity contribution in [2.45, 2.75) is 414 Å². The zero-order chi connectivity index (χ0) is 70.9. The second-order valence-electron chi connectivity index (χ2n) is 29.2. The van der Waals surface area contributed by atoms with Crippen molar-refractivity contribution in [2.75, 3.05) is 39.6 Å². The van der Waals surface area contributed by atoms with Crippen LogP contribution in [0.2, 0.25) is 0 Å². The van der Waals surface area contributed by atoms with E-state index < -0.39 is 97.5 Å². The molecule has 0 heterocycles. The van der Waals surface area contributed by atoms with Crippen molar-refractivity contribution in [3.63, 3.8) is 0 Å². The molecule has 0 aliphatic heterocycles. The van der Waals surface area contributed by atoms with Crippen LogP contribution < -0.4 is 0 Å². The van der Waals surface area contributed by atoms with Crippen molar-refractivity contribution in [3.8, 4) is 0 Å². The van der Waals surface area contributed by atoms with Crippen LogP contribution in [-0.4, -0.2) is 96.7 Å². The predicted octanol–water partition coefficient (Wildman–Crippen LogP) is 22.6. The van der Waals surface area contributed by atoms with Gasteiger partial charge in [0.2, 0.25) is 0 Å². The maximum Gasteiger partial charge on any atom is 0.472 e. The van der Waals surface area contributed by atoms with Gasteiger partial charge in [0, 0.05) is 25.7 Å². The lowest BCUT2D eigenvalue weighted by Crippen LogP contribution is -2.30. The SMILES string of the molecule is CCCCCCCCCCCCCCCCCCCC(=O)O[C@H](COC(=O)CCCCCCCCCCCCCC(C)C)COP(=O)(O)OC[C@@H](O)COP(=O)(O)OC[C@@H](COC(=O)CCCCCCCCCCCC(C)C)OC(=O)CCCCCCCCCCCCC(C)C. The molecule has 570 valence electrons. The Morgan fingerprint density at radius 2 is 0.479 bits per heavy atom. The first-order chi connectivity index (χ1) is 46.2. The second-order valence-corrected chi connectivity index (χ2v) is 32.1. The first kappa shape index (κ1) is 94.1. The van der Waals surface area contributed by atoms with Gasteiger partial charge in [0.25, 0.3) is 0 Å². The van der Waals surface area contributed by atoms with Crippen LogP contribution in [0.3, 0.4) is 0 Å². The van der Waals surface area contributed by atoms with Crippen LogP contribution in [-0.2, 0) is 65.4 Å². The van der Waals surface area contributed by atoms with Crippen molar-refractivity contribution in [1.82, 2.24) is 0 Å². The highest BCUT2D eigenvalue weighted by Gasteiger charge is 2.30. The van der Waals surface area contributed by atoms with E-state index in [2.05, 4.69) is 48.5 Å². The molecule has 0 aliphatic rings. The number of aliphatic hydroxyl groups excluding tert-OH is 1. The predicted molar refractivity (Wildman–Crippen MR) is 391 cm³/mol. The molecule has 17 nitrogen and oxygen atoms in total. The lowest BCUT2D eigenvalue weighted by atomic mass is 10.0. The minimum atomic E-state index is -4.96. The summed E-state index contributed by atoms with van der Waals surface area (Å²) in [4.78, 5) is 72.9. The van der Waals surface area contributed by atoms with Gasteiger partial charge in [0.05, 0.1) is 26.4 Å². The van der Waals surface area contributed by atoms with Gasteiger partial charge in [-0.3, -0.25) is 37.3 Å². The van der Waals surface area contributed by atoms with Gasteiger partial charge < -0.3 is 33.8 Å². The fourth-order valence-electron chi connectivity index (χ4n) is 11.8. The molecule has 0 rings (SSSR count). The molecule has 19 heteroatoms. The number of aliphatic hydroxyl groups is 1. The summed E-state index contributed by atoms with van der Waals surface area (Å²) < 4.78 is 68.6. The number of rotatable bonds is 75. The summed E-state index contributed by atoms with van der Waals surface area (Å²) >= 11 is 0. The molecule has 96 heavy (non-hydrogen) atoms. The largest absolute Gasteiger partial charge is 0.472 e. The van der Waals surface area contributed by atoms with Gasteiger partial charge in [-0.25, -0.2) is 9.13 Å². The van der Waals surface area contributed by atoms with Gasteiger partial charge in [-0.05, 0) is 43.4 Å². The number of carbonyl (C=O) groups excluding carboxylic acids is 4. The Labute approximate surface area is 588 Å². The third-order valence-corrected chi connectivity index (χ3v) is 19.8. The van der Waals surface area contributed by atoms with Crippen molar-refractivity contribution in [3.05, 3.63) is 0 Å². The van der Waals surface area contributed by atoms with Gasteiger partial charge >= 0.3 is 39.5 Å². The van der Waals surface area contributed by atoms with Crippen LogP contribution in [0.15, 0.2) is 0 Å². The molecule has 0 bridgehead atoms. The van der Waals surface area contributed by atoms with Crippen molar-refractivity contribution in [2.24, 2.45) is 17.8 Å². The molecular formula is C77H150O17P2. The van der Waals surface area contributed by atoms with Gasteiger partial charge in [-0.2, -0.15) is 0 Å². The van der Waals surface area contributed by atoms with Gasteiger partial charge in [-0.1, -0.05) is 344 Å². The minimum absolute atomic E-state index is 0.105. The van der Waals surface area contributed by atoms with Crippen LogP contribution in [0.4, 0.5) is 0 Å². The summed E-state index contributed by atoms with van der Waals surface area (Å²) in [7, 11) is -9.92. The normalized spacial score (nSPS) is 14.1. The van der Waals surface area contributed by atoms with Gasteiger partial charge in [0.15, 0.2) is 12.2 Å². The summed E-state index contributed by atoms with van der Waals surface area (Å²) in [6, 6.07) is 0. The topological polar surface area (TPSA) is 237 Å². The van der Waals surface area contributed by atoms with Crippen LogP contribution in [0.25, 0.3) is 0 Å². The Hall–Kier alpha value is -1.94. The first-order valence-corrected chi connectivity index (χ1v) is 42.8. The summed E-state index contributed by atoms with van der Waals surface area (Å²) in [6.07, 6.45) is 54.0. The fraction of sp³-hybridized carbons (Fsp3) is 0.948. The number of ether oxygens (including phenoxy) is 4. The monoisotopic (exact) mass is 1410 g/mol. The van der Waals surface area contributed by atoms with Crippen molar-refractivity contribution < 1.29 is 80.2 Å². The van der Waals surface area contributed by atoms with Crippen molar-refractivity contribution >= 4 is 39.5 Å². The molecule has 0 aromatic heterocycles. The quantitative estimate of drug-likeness (QED) is 0.0222. The first-order valence-electron chi connectivity index (χ1n) is 39.8. The third kappa shape index (κ3) is 70.5. The molecule has 0 spiro atoms. The maximum atomic E-state index is 13.1. The van der Waals surface area contributed by atoms with E-state index in [0.717, 1.165) is 108 Å². The molecule has 0 aliphatic carbocycles. The molecule has 3 N–H and O–H groups in total. The van der Waals surface area contributed by atoms with Crippen LogP contribution in [0, 0.1) is 17.8 Å². The van der Waals surface area contributed by atoms with E-state index in [1.54, 1.807) is 0 Å². The van der Waals surface area contributed by atoms with E-state index in [0.29, 0.717) is 25.7 Å². The molecule has 0 saturated carbocycles. The molecule has 0 fully saturated rings. The lowest BCUT2D eigenvalue weighted by molar-refractivity contribution is -0.161. The van der Waals surface area contributed by atoms with E-state index in [1.807, 2.05) is 0 Å². The highest BCUT2D eigenvalue weighted by atomic mass is 31.2. The Bertz CT molecular complexity index is 1870. The summed E-state index contributed by atoms with van der Waals surface area (Å²) in [5, 5.41) is 10.6. The summed E-state index contributed by atoms with van der Waals surface area (Å²) in [6.45, 7) is 11.9. The molecule has 0 aromatic rings. The van der Waals surface area contributed by atoms with E-state index in [-0.39, 0.29) is 25.7 Å². The zero-order valence-electron chi connectivity index (χ0n) is 62.8. The minimum Gasteiger partial charge on any atom is -0.462 e. The molecule has 5 atom stereocenters. The number of carbonyl (C=O) groups is 4. The average molecular weight is 1410 g/mol. The van der Waals surface area contributed by atoms with E-state index in [1.165, 1.54) is 205 Å². The Kier molecular flexibility index (Phi) is 66.2. The second kappa shape index (κ2) is 67.5. The number of phosphoric ester groups is 2. The standard InChI is InChI=1S/C77H150O17P2/c1-8-9-10-11-12-13-14-15-16-17-18-19-22-31-39-46-53-60-76(81)93-72(64-87-74(79)58-51-44-37-30-23-20-21-27-34-41-48-55-68(2)3)66-91-95(83,84)89-62-71(78)63-90-96(85,86)92-67-73(65-88-75(80)59-52-45-38-33-26-29-36-43-50-57-70(6)7)94-77(82)61-54-47-40-32-25-24-28-35-42-49-56-69(4)5/h68-73,78H,8-67H2,1-7H3,(H,83,84)(H,85,86)/t71-,72-,73-/m1/s1. The number of hydrogen-bond donors (Lipinski definition) is 3. The number of unbranched alkanes of at least 4 members (excludes halogenated alkanes) is 43. The Morgan fingerprint density at radius 3 is 0.708 bits per heavy atom. The van der Waals surface area contributed by atoms with Gasteiger partial charge in [0.1, 0.15) is 19.3 Å². The lowest BCUT2D eigenvalue weighted by Gasteiger charge is -2.21. The van der Waals surface area contributed by atoms with Gasteiger partial charge in [-0.15, -0.1) is 0 Å². The van der Waals surface area contributed by atoms with Crippen LogP contribution in [0.1, 0.15) is 395 Å². The third-order valence-electron chi connectivity index (χ3n) is 17.9. The number of phosphoric acid groups is 2. The summed E-state index contributed by atoms with van der Waals surface area (Å²) in [5.74, 6) is 0.151. The fourth-order valence-corrected chi connectivity index (χ4v) is 13.4. The molecule has 0 amide bonds. The molecule has 0 aromatic carbocycles. The summed E-state index contributed by atoms with van der Waals surface area (Å²) in [5.41, 5.74) is 0.